The van der Waals surface area contributed by atoms with E-state index in [0.717, 1.165) is 25.8 Å². The van der Waals surface area contributed by atoms with Crippen LogP contribution in [0.5, 0.6) is 0 Å². The van der Waals surface area contributed by atoms with Gasteiger partial charge in [-0.25, -0.2) is 4.39 Å². The predicted molar refractivity (Wildman–Crippen MR) is 66.9 cm³/mol. The molecule has 0 radical (unpaired) electrons. The molecule has 2 heteroatoms. The van der Waals surface area contributed by atoms with Crippen molar-refractivity contribution in [3.63, 3.8) is 0 Å². The Bertz CT molecular complexity index is 292. The molecule has 1 nitrogen and oxygen atoms in total. The lowest BCUT2D eigenvalue weighted by Gasteiger charge is -2.21. The van der Waals surface area contributed by atoms with E-state index in [-0.39, 0.29) is 5.82 Å². The first-order valence-electron chi connectivity index (χ1n) is 6.10. The Morgan fingerprint density at radius 1 is 1.12 bits per heavy atom. The fourth-order valence-corrected chi connectivity index (χ4v) is 2.10. The second kappa shape index (κ2) is 6.64. The van der Waals surface area contributed by atoms with Gasteiger partial charge in [-0.3, -0.25) is 0 Å². The third kappa shape index (κ3) is 3.93. The Kier molecular flexibility index (Phi) is 5.47. The number of halogens is 1. The molecule has 0 aromatic heterocycles. The highest BCUT2D eigenvalue weighted by atomic mass is 19.1. The van der Waals surface area contributed by atoms with Gasteiger partial charge in [0.2, 0.25) is 0 Å². The fourth-order valence-electron chi connectivity index (χ4n) is 2.10. The van der Waals surface area contributed by atoms with Crippen LogP contribution in [0.3, 0.4) is 0 Å². The molecule has 0 amide bonds. The van der Waals surface area contributed by atoms with Crippen molar-refractivity contribution in [1.29, 1.82) is 0 Å². The van der Waals surface area contributed by atoms with Crippen molar-refractivity contribution in [2.24, 2.45) is 11.7 Å². The summed E-state index contributed by atoms with van der Waals surface area (Å²) in [5.41, 5.74) is 6.74. The van der Waals surface area contributed by atoms with Gasteiger partial charge in [0.1, 0.15) is 5.82 Å². The van der Waals surface area contributed by atoms with Gasteiger partial charge in [0.25, 0.3) is 0 Å². The maximum absolute atomic E-state index is 12.8. The van der Waals surface area contributed by atoms with E-state index in [4.69, 9.17) is 5.73 Å². The molecular weight excluding hydrogens is 201 g/mol. The first kappa shape index (κ1) is 13.2. The molecule has 0 aliphatic rings. The van der Waals surface area contributed by atoms with Crippen molar-refractivity contribution in [3.05, 3.63) is 35.6 Å². The smallest absolute Gasteiger partial charge is 0.123 e. The second-order valence-electron chi connectivity index (χ2n) is 4.69. The number of nitrogens with two attached hydrogens (primary N) is 1. The molecule has 0 saturated heterocycles. The molecular formula is C14H22FN. The summed E-state index contributed by atoms with van der Waals surface area (Å²) in [7, 11) is 0. The number of hydrogen-bond donors (Lipinski definition) is 1. The zero-order valence-corrected chi connectivity index (χ0v) is 10.2. The van der Waals surface area contributed by atoms with Crippen LogP contribution >= 0.6 is 0 Å². The largest absolute Gasteiger partial charge is 0.330 e. The minimum Gasteiger partial charge on any atom is -0.330 e. The fraction of sp³-hybridized carbons (Fsp3) is 0.571. The summed E-state index contributed by atoms with van der Waals surface area (Å²) in [6.07, 6.45) is 3.36. The van der Waals surface area contributed by atoms with Crippen molar-refractivity contribution in [2.75, 3.05) is 6.54 Å². The normalized spacial score (nSPS) is 13.1. The number of benzene rings is 1. The van der Waals surface area contributed by atoms with Gasteiger partial charge in [-0.05, 0) is 48.9 Å². The molecule has 16 heavy (non-hydrogen) atoms. The number of hydrogen-bond acceptors (Lipinski definition) is 1. The first-order chi connectivity index (χ1) is 7.65. The Morgan fingerprint density at radius 3 is 2.25 bits per heavy atom. The molecule has 1 unspecified atom stereocenters. The summed E-state index contributed by atoms with van der Waals surface area (Å²) in [4.78, 5) is 0. The van der Waals surface area contributed by atoms with Crippen molar-refractivity contribution in [3.8, 4) is 0 Å². The average Bonchev–Trinajstić information content (AvgIpc) is 2.26. The Labute approximate surface area is 97.9 Å². The van der Waals surface area contributed by atoms with Crippen LogP contribution in [0.25, 0.3) is 0 Å². The summed E-state index contributed by atoms with van der Waals surface area (Å²) in [6, 6.07) is 6.91. The van der Waals surface area contributed by atoms with Crippen molar-refractivity contribution >= 4 is 0 Å². The molecule has 1 aromatic rings. The Balaban J connectivity index is 2.65. The molecule has 0 aliphatic heterocycles. The van der Waals surface area contributed by atoms with E-state index < -0.39 is 0 Å². The van der Waals surface area contributed by atoms with E-state index in [1.807, 2.05) is 12.1 Å². The van der Waals surface area contributed by atoms with Gasteiger partial charge in [0.05, 0.1) is 0 Å². The summed E-state index contributed by atoms with van der Waals surface area (Å²) < 4.78 is 12.8. The van der Waals surface area contributed by atoms with Gasteiger partial charge in [-0.15, -0.1) is 0 Å². The SMILES string of the molecule is CC(C)C(CCCCN)c1ccc(F)cc1. The minimum atomic E-state index is -0.159. The number of unbranched alkanes of at least 4 members (excludes halogenated alkanes) is 1. The van der Waals surface area contributed by atoms with E-state index in [1.54, 1.807) is 12.1 Å². The highest BCUT2D eigenvalue weighted by Gasteiger charge is 2.15. The van der Waals surface area contributed by atoms with Crippen LogP contribution in [0.4, 0.5) is 4.39 Å². The molecule has 90 valence electrons. The van der Waals surface area contributed by atoms with Gasteiger partial charge in [0, 0.05) is 0 Å². The second-order valence-corrected chi connectivity index (χ2v) is 4.69. The summed E-state index contributed by atoms with van der Waals surface area (Å²) in [5, 5.41) is 0. The maximum atomic E-state index is 12.8. The van der Waals surface area contributed by atoms with Gasteiger partial charge < -0.3 is 5.73 Å². The standard InChI is InChI=1S/C14H22FN/c1-11(2)14(5-3-4-10-16)12-6-8-13(15)9-7-12/h6-9,11,14H,3-5,10,16H2,1-2H3. The van der Waals surface area contributed by atoms with Crippen LogP contribution in [0, 0.1) is 11.7 Å². The molecule has 0 heterocycles. The van der Waals surface area contributed by atoms with Gasteiger partial charge in [-0.1, -0.05) is 32.4 Å². The molecule has 0 fully saturated rings. The van der Waals surface area contributed by atoms with E-state index in [1.165, 1.54) is 5.56 Å². The molecule has 0 saturated carbocycles. The lowest BCUT2D eigenvalue weighted by Crippen LogP contribution is -2.08. The lowest BCUT2D eigenvalue weighted by molar-refractivity contribution is 0.449. The molecule has 0 spiro atoms. The van der Waals surface area contributed by atoms with E-state index >= 15 is 0 Å². The zero-order chi connectivity index (χ0) is 12.0. The lowest BCUT2D eigenvalue weighted by atomic mass is 9.84. The molecule has 0 aliphatic carbocycles. The molecule has 1 aromatic carbocycles. The average molecular weight is 223 g/mol. The van der Waals surface area contributed by atoms with E-state index in [0.29, 0.717) is 11.8 Å². The van der Waals surface area contributed by atoms with Gasteiger partial charge in [-0.2, -0.15) is 0 Å². The number of rotatable bonds is 6. The van der Waals surface area contributed by atoms with Gasteiger partial charge in [0.15, 0.2) is 0 Å². The third-order valence-corrected chi connectivity index (χ3v) is 3.07. The first-order valence-corrected chi connectivity index (χ1v) is 6.10. The van der Waals surface area contributed by atoms with Crippen LogP contribution in [0.15, 0.2) is 24.3 Å². The van der Waals surface area contributed by atoms with Crippen LogP contribution in [-0.4, -0.2) is 6.54 Å². The van der Waals surface area contributed by atoms with E-state index in [2.05, 4.69) is 13.8 Å². The Hall–Kier alpha value is -0.890. The predicted octanol–water partition coefficient (Wildman–Crippen LogP) is 3.69. The minimum absolute atomic E-state index is 0.159. The molecule has 0 bridgehead atoms. The molecule has 2 N–H and O–H groups in total. The van der Waals surface area contributed by atoms with Gasteiger partial charge >= 0.3 is 0 Å². The van der Waals surface area contributed by atoms with Crippen LogP contribution in [0.1, 0.15) is 44.6 Å². The quantitative estimate of drug-likeness (QED) is 0.731. The van der Waals surface area contributed by atoms with Crippen molar-refractivity contribution in [1.82, 2.24) is 0 Å². The third-order valence-electron chi connectivity index (χ3n) is 3.07. The molecule has 1 rings (SSSR count). The van der Waals surface area contributed by atoms with Crippen molar-refractivity contribution < 1.29 is 4.39 Å². The topological polar surface area (TPSA) is 26.0 Å². The maximum Gasteiger partial charge on any atom is 0.123 e. The Morgan fingerprint density at radius 2 is 1.75 bits per heavy atom. The zero-order valence-electron chi connectivity index (χ0n) is 10.2. The van der Waals surface area contributed by atoms with Crippen LogP contribution < -0.4 is 5.73 Å². The molecule has 1 atom stereocenters. The highest BCUT2D eigenvalue weighted by Crippen LogP contribution is 2.29. The highest BCUT2D eigenvalue weighted by molar-refractivity contribution is 5.20. The summed E-state index contributed by atoms with van der Waals surface area (Å²) in [6.45, 7) is 5.20. The summed E-state index contributed by atoms with van der Waals surface area (Å²) >= 11 is 0. The van der Waals surface area contributed by atoms with Crippen LogP contribution in [-0.2, 0) is 0 Å². The van der Waals surface area contributed by atoms with E-state index in [9.17, 15) is 4.39 Å². The monoisotopic (exact) mass is 223 g/mol. The van der Waals surface area contributed by atoms with Crippen molar-refractivity contribution in [2.45, 2.75) is 39.0 Å². The summed E-state index contributed by atoms with van der Waals surface area (Å²) in [5.74, 6) is 0.948. The van der Waals surface area contributed by atoms with Crippen LogP contribution in [0.2, 0.25) is 0 Å².